The number of hydrogen-bond acceptors (Lipinski definition) is 4. The third-order valence-electron chi connectivity index (χ3n) is 3.60. The van der Waals surface area contributed by atoms with E-state index in [-0.39, 0.29) is 42.7 Å². The molecule has 1 aromatic rings. The Labute approximate surface area is 170 Å². The number of nitrogens with zero attached hydrogens (tertiary/aromatic N) is 1. The van der Waals surface area contributed by atoms with E-state index < -0.39 is 27.4 Å². The Morgan fingerprint density at radius 1 is 1.14 bits per heavy atom. The molecule has 7 nitrogen and oxygen atoms in total. The van der Waals surface area contributed by atoms with Crippen LogP contribution in [0.1, 0.15) is 38.8 Å². The van der Waals surface area contributed by atoms with E-state index in [0.29, 0.717) is 0 Å². The van der Waals surface area contributed by atoms with E-state index in [1.54, 1.807) is 20.8 Å². The first-order valence-corrected chi connectivity index (χ1v) is 10.7. The van der Waals surface area contributed by atoms with Gasteiger partial charge in [0.15, 0.2) is 5.96 Å². The number of aliphatic imine (C=N–C) groups is 1. The standard InChI is InChI=1S/C18H29F3N4O3S/c1-6-29(26,27)25-10-9-23-16(22-5)24-12-13-7-8-14(28-17(2,3)4)11-15(13)18(19,20)21/h7-8,11,25H,6,9-10,12H2,1-5H3,(H2,22,23,24). The summed E-state index contributed by atoms with van der Waals surface area (Å²) in [5.74, 6) is 0.359. The van der Waals surface area contributed by atoms with Crippen LogP contribution in [0.15, 0.2) is 23.2 Å². The number of alkyl halides is 3. The summed E-state index contributed by atoms with van der Waals surface area (Å²) in [6.07, 6.45) is -4.54. The van der Waals surface area contributed by atoms with Crippen LogP contribution in [0.4, 0.5) is 13.2 Å². The molecule has 0 saturated heterocycles. The lowest BCUT2D eigenvalue weighted by molar-refractivity contribution is -0.138. The van der Waals surface area contributed by atoms with Gasteiger partial charge in [0, 0.05) is 26.7 Å². The van der Waals surface area contributed by atoms with Gasteiger partial charge in [0.1, 0.15) is 11.4 Å². The van der Waals surface area contributed by atoms with Gasteiger partial charge in [-0.3, -0.25) is 4.99 Å². The van der Waals surface area contributed by atoms with E-state index >= 15 is 0 Å². The van der Waals surface area contributed by atoms with Crippen molar-refractivity contribution in [2.24, 2.45) is 4.99 Å². The number of ether oxygens (including phenoxy) is 1. The van der Waals surface area contributed by atoms with Crippen LogP contribution < -0.4 is 20.1 Å². The summed E-state index contributed by atoms with van der Waals surface area (Å²) < 4.78 is 71.0. The minimum Gasteiger partial charge on any atom is -0.488 e. The first kappa shape index (κ1) is 25.0. The highest BCUT2D eigenvalue weighted by atomic mass is 32.2. The molecule has 0 atom stereocenters. The highest BCUT2D eigenvalue weighted by Gasteiger charge is 2.34. The van der Waals surface area contributed by atoms with E-state index in [1.807, 2.05) is 0 Å². The molecule has 0 bridgehead atoms. The molecule has 29 heavy (non-hydrogen) atoms. The van der Waals surface area contributed by atoms with E-state index in [0.717, 1.165) is 6.07 Å². The van der Waals surface area contributed by atoms with Crippen molar-refractivity contribution in [3.05, 3.63) is 29.3 Å². The lowest BCUT2D eigenvalue weighted by Gasteiger charge is -2.23. The Bertz CT molecular complexity index is 804. The van der Waals surface area contributed by atoms with Crippen LogP contribution in [0.25, 0.3) is 0 Å². The van der Waals surface area contributed by atoms with Gasteiger partial charge in [-0.05, 0) is 45.4 Å². The van der Waals surface area contributed by atoms with Crippen molar-refractivity contribution >= 4 is 16.0 Å². The van der Waals surface area contributed by atoms with Crippen LogP contribution >= 0.6 is 0 Å². The monoisotopic (exact) mass is 438 g/mol. The number of hydrogen-bond donors (Lipinski definition) is 3. The first-order chi connectivity index (χ1) is 13.3. The van der Waals surface area contributed by atoms with Crippen molar-refractivity contribution in [1.29, 1.82) is 0 Å². The number of rotatable bonds is 8. The van der Waals surface area contributed by atoms with Gasteiger partial charge in [-0.2, -0.15) is 13.2 Å². The van der Waals surface area contributed by atoms with Gasteiger partial charge >= 0.3 is 6.18 Å². The highest BCUT2D eigenvalue weighted by molar-refractivity contribution is 7.89. The number of halogens is 3. The van der Waals surface area contributed by atoms with Crippen LogP contribution in [-0.4, -0.2) is 45.9 Å². The Balaban J connectivity index is 2.78. The fraction of sp³-hybridized carbons (Fsp3) is 0.611. The predicted octanol–water partition coefficient (Wildman–Crippen LogP) is 2.49. The van der Waals surface area contributed by atoms with Gasteiger partial charge in [-0.25, -0.2) is 13.1 Å². The topological polar surface area (TPSA) is 91.8 Å². The lowest BCUT2D eigenvalue weighted by atomic mass is 10.1. The maximum absolute atomic E-state index is 13.5. The Morgan fingerprint density at radius 2 is 1.79 bits per heavy atom. The summed E-state index contributed by atoms with van der Waals surface area (Å²) in [5, 5.41) is 5.64. The molecule has 166 valence electrons. The zero-order chi connectivity index (χ0) is 22.3. The van der Waals surface area contributed by atoms with Crippen molar-refractivity contribution in [3.63, 3.8) is 0 Å². The van der Waals surface area contributed by atoms with Crippen LogP contribution in [0.2, 0.25) is 0 Å². The molecule has 11 heteroatoms. The predicted molar refractivity (Wildman–Crippen MR) is 107 cm³/mol. The van der Waals surface area contributed by atoms with Gasteiger partial charge < -0.3 is 15.4 Å². The molecule has 0 aromatic heterocycles. The molecule has 0 amide bonds. The summed E-state index contributed by atoms with van der Waals surface area (Å²) in [6, 6.07) is 3.84. The Morgan fingerprint density at radius 3 is 2.31 bits per heavy atom. The molecule has 1 aromatic carbocycles. The van der Waals surface area contributed by atoms with Crippen LogP contribution in [0.3, 0.4) is 0 Å². The van der Waals surface area contributed by atoms with Crippen LogP contribution in [-0.2, 0) is 22.7 Å². The van der Waals surface area contributed by atoms with Gasteiger partial charge in [0.25, 0.3) is 0 Å². The van der Waals surface area contributed by atoms with Gasteiger partial charge in [-0.15, -0.1) is 0 Å². The molecule has 1 rings (SSSR count). The summed E-state index contributed by atoms with van der Waals surface area (Å²) in [5.41, 5.74) is -1.38. The van der Waals surface area contributed by atoms with E-state index in [2.05, 4.69) is 20.3 Å². The number of guanidine groups is 1. The van der Waals surface area contributed by atoms with E-state index in [4.69, 9.17) is 4.74 Å². The third kappa shape index (κ3) is 9.35. The largest absolute Gasteiger partial charge is 0.488 e. The van der Waals surface area contributed by atoms with Crippen LogP contribution in [0, 0.1) is 0 Å². The molecular formula is C18H29F3N4O3S. The summed E-state index contributed by atoms with van der Waals surface area (Å²) in [6.45, 7) is 7.02. The zero-order valence-corrected chi connectivity index (χ0v) is 18.1. The second kappa shape index (κ2) is 10.1. The molecular weight excluding hydrogens is 409 g/mol. The molecule has 0 spiro atoms. The Kier molecular flexibility index (Phi) is 8.76. The smallest absolute Gasteiger partial charge is 0.416 e. The van der Waals surface area contributed by atoms with Crippen LogP contribution in [0.5, 0.6) is 5.75 Å². The van der Waals surface area contributed by atoms with Crippen molar-refractivity contribution in [1.82, 2.24) is 15.4 Å². The fourth-order valence-electron chi connectivity index (χ4n) is 2.28. The molecule has 0 heterocycles. The van der Waals surface area contributed by atoms with Crippen molar-refractivity contribution < 1.29 is 26.3 Å². The molecule has 0 aliphatic carbocycles. The SMILES string of the molecule is CCS(=O)(=O)NCCNC(=NC)NCc1ccc(OC(C)(C)C)cc1C(F)(F)F. The summed E-state index contributed by atoms with van der Waals surface area (Å²) >= 11 is 0. The number of benzene rings is 1. The first-order valence-electron chi connectivity index (χ1n) is 9.08. The molecule has 0 saturated carbocycles. The maximum atomic E-state index is 13.5. The molecule has 3 N–H and O–H groups in total. The quantitative estimate of drug-likeness (QED) is 0.330. The second-order valence-electron chi connectivity index (χ2n) is 7.18. The number of nitrogens with one attached hydrogen (secondary N) is 3. The minimum atomic E-state index is -4.54. The van der Waals surface area contributed by atoms with Crippen molar-refractivity contribution in [3.8, 4) is 5.75 Å². The third-order valence-corrected chi connectivity index (χ3v) is 5.00. The normalized spacial score (nSPS) is 13.3. The minimum absolute atomic E-state index is 0.0326. The van der Waals surface area contributed by atoms with E-state index in [1.165, 1.54) is 26.1 Å². The van der Waals surface area contributed by atoms with E-state index in [9.17, 15) is 21.6 Å². The number of sulfonamides is 1. The second-order valence-corrected chi connectivity index (χ2v) is 9.28. The summed E-state index contributed by atoms with van der Waals surface area (Å²) in [4.78, 5) is 3.93. The maximum Gasteiger partial charge on any atom is 0.416 e. The van der Waals surface area contributed by atoms with Gasteiger partial charge in [0.2, 0.25) is 10.0 Å². The van der Waals surface area contributed by atoms with Gasteiger partial charge in [-0.1, -0.05) is 6.07 Å². The molecule has 0 fully saturated rings. The fourth-order valence-corrected chi connectivity index (χ4v) is 2.90. The molecule has 0 aliphatic rings. The molecule has 0 aliphatic heterocycles. The zero-order valence-electron chi connectivity index (χ0n) is 17.3. The summed E-state index contributed by atoms with van der Waals surface area (Å²) in [7, 11) is -1.84. The molecule has 0 unspecified atom stereocenters. The average Bonchev–Trinajstić information content (AvgIpc) is 2.59. The highest BCUT2D eigenvalue weighted by Crippen LogP contribution is 2.35. The molecule has 0 radical (unpaired) electrons. The van der Waals surface area contributed by atoms with Crippen molar-refractivity contribution in [2.75, 3.05) is 25.9 Å². The Hall–Kier alpha value is -2.01. The average molecular weight is 439 g/mol. The lowest BCUT2D eigenvalue weighted by Crippen LogP contribution is -2.41. The van der Waals surface area contributed by atoms with Crippen molar-refractivity contribution in [2.45, 2.75) is 46.0 Å². The van der Waals surface area contributed by atoms with Gasteiger partial charge in [0.05, 0.1) is 11.3 Å².